The second-order valence-corrected chi connectivity index (χ2v) is 9.81. The molecule has 38 heavy (non-hydrogen) atoms. The number of amides is 1. The van der Waals surface area contributed by atoms with Gasteiger partial charge in [0.15, 0.2) is 11.5 Å². The monoisotopic (exact) mass is 515 g/mol. The maximum absolute atomic E-state index is 13.5. The number of nitrogen functional groups attached to an aromatic ring is 1. The minimum Gasteiger partial charge on any atom is -0.412 e. The fraction of sp³-hybridized carbons (Fsp3) is 0.357. The first-order chi connectivity index (χ1) is 18.3. The van der Waals surface area contributed by atoms with E-state index >= 15 is 0 Å². The average molecular weight is 516 g/mol. The fourth-order valence-corrected chi connectivity index (χ4v) is 5.23. The summed E-state index contributed by atoms with van der Waals surface area (Å²) in [5.74, 6) is 0.342. The van der Waals surface area contributed by atoms with Crippen molar-refractivity contribution < 1.29 is 9.63 Å². The normalized spacial score (nSPS) is 13.8. The summed E-state index contributed by atoms with van der Waals surface area (Å²) >= 11 is 0. The smallest absolute Gasteiger partial charge is 0.292 e. The lowest BCUT2D eigenvalue weighted by Crippen LogP contribution is -2.34. The predicted octanol–water partition coefficient (Wildman–Crippen LogP) is 2.55. The van der Waals surface area contributed by atoms with Crippen LogP contribution in [0.3, 0.4) is 0 Å². The second kappa shape index (κ2) is 10.3. The number of likely N-dealkylation sites (tertiary alicyclic amines) is 1. The topological polar surface area (TPSA) is 120 Å². The number of nitrogens with one attached hydrogen (secondary N) is 1. The number of pyridine rings is 1. The molecule has 0 radical (unpaired) electrons. The first-order valence-electron chi connectivity index (χ1n) is 12.8. The van der Waals surface area contributed by atoms with Crippen molar-refractivity contribution in [1.29, 1.82) is 0 Å². The molecule has 10 heteroatoms. The zero-order valence-electron chi connectivity index (χ0n) is 22.2. The maximum atomic E-state index is 13.5. The molecule has 3 aromatic heterocycles. The van der Waals surface area contributed by atoms with Gasteiger partial charge >= 0.3 is 0 Å². The number of nitrogens with two attached hydrogens (primary N) is 1. The summed E-state index contributed by atoms with van der Waals surface area (Å²) < 4.78 is 2.88. The van der Waals surface area contributed by atoms with E-state index in [4.69, 9.17) is 10.6 Å². The van der Waals surface area contributed by atoms with E-state index in [0.717, 1.165) is 41.1 Å². The lowest BCUT2D eigenvalue weighted by Gasteiger charge is -2.15. The van der Waals surface area contributed by atoms with Crippen LogP contribution in [-0.2, 0) is 7.05 Å². The van der Waals surface area contributed by atoms with Gasteiger partial charge in [0, 0.05) is 31.9 Å². The van der Waals surface area contributed by atoms with E-state index in [1.165, 1.54) is 20.0 Å². The van der Waals surface area contributed by atoms with Crippen LogP contribution in [0, 0.1) is 13.8 Å². The lowest BCUT2D eigenvalue weighted by atomic mass is 9.96. The molecule has 10 nitrogen and oxygen atoms in total. The number of anilines is 1. The molecular formula is C28H33N7O3. The van der Waals surface area contributed by atoms with Crippen LogP contribution >= 0.6 is 0 Å². The van der Waals surface area contributed by atoms with Gasteiger partial charge in [-0.15, -0.1) is 4.73 Å². The number of aromatic nitrogens is 4. The highest BCUT2D eigenvalue weighted by atomic mass is 16.6. The standard InChI is InChI=1S/C28H33N7O3/c1-17-8-7-9-18(2)23(17)20-15-21-24(29)31-25(32-26(21)35(38-4)28(20)37)19-14-22(33(3)16-19)27(36)30-10-13-34-11-5-6-12-34/h7-9,14-16H,5-6,10-13H2,1-4H3,(H,30,36)(H2,29,31,32). The van der Waals surface area contributed by atoms with Crippen molar-refractivity contribution >= 4 is 22.8 Å². The number of rotatable bonds is 7. The van der Waals surface area contributed by atoms with Crippen molar-refractivity contribution in [2.75, 3.05) is 39.0 Å². The van der Waals surface area contributed by atoms with Crippen LogP contribution < -0.4 is 21.4 Å². The van der Waals surface area contributed by atoms with E-state index in [0.29, 0.717) is 34.6 Å². The van der Waals surface area contributed by atoms with E-state index < -0.39 is 0 Å². The third-order valence-corrected chi connectivity index (χ3v) is 7.19. The van der Waals surface area contributed by atoms with Gasteiger partial charge < -0.3 is 25.4 Å². The molecule has 1 aromatic carbocycles. The largest absolute Gasteiger partial charge is 0.412 e. The minimum absolute atomic E-state index is 0.168. The van der Waals surface area contributed by atoms with Gasteiger partial charge in [0.25, 0.3) is 11.5 Å². The van der Waals surface area contributed by atoms with Gasteiger partial charge in [0.1, 0.15) is 18.6 Å². The Kier molecular flexibility index (Phi) is 6.90. The molecule has 1 amide bonds. The zero-order chi connectivity index (χ0) is 27.0. The van der Waals surface area contributed by atoms with Gasteiger partial charge in [-0.2, -0.15) is 0 Å². The molecule has 0 spiro atoms. The summed E-state index contributed by atoms with van der Waals surface area (Å²) in [5, 5.41) is 3.50. The number of fused-ring (bicyclic) bond motifs is 1. The molecule has 0 aliphatic carbocycles. The molecule has 0 atom stereocenters. The van der Waals surface area contributed by atoms with E-state index in [2.05, 4.69) is 20.2 Å². The van der Waals surface area contributed by atoms with Crippen molar-refractivity contribution in [3.05, 3.63) is 63.7 Å². The molecule has 1 saturated heterocycles. The number of hydrogen-bond acceptors (Lipinski definition) is 7. The van der Waals surface area contributed by atoms with Crippen molar-refractivity contribution in [3.8, 4) is 22.5 Å². The molecule has 1 fully saturated rings. The summed E-state index contributed by atoms with van der Waals surface area (Å²) in [4.78, 5) is 43.4. The second-order valence-electron chi connectivity index (χ2n) is 9.81. The first kappa shape index (κ1) is 25.5. The van der Waals surface area contributed by atoms with Crippen LogP contribution in [0.25, 0.3) is 33.5 Å². The summed E-state index contributed by atoms with van der Waals surface area (Å²) in [5.41, 5.74) is 10.7. The van der Waals surface area contributed by atoms with E-state index in [1.807, 2.05) is 32.0 Å². The number of aryl methyl sites for hydroxylation is 3. The molecule has 0 unspecified atom stereocenters. The van der Waals surface area contributed by atoms with Crippen LogP contribution in [0.15, 0.2) is 41.3 Å². The van der Waals surface area contributed by atoms with Gasteiger partial charge in [0.05, 0.1) is 10.9 Å². The molecule has 4 aromatic rings. The summed E-state index contributed by atoms with van der Waals surface area (Å²) in [6.45, 7) is 7.52. The maximum Gasteiger partial charge on any atom is 0.292 e. The lowest BCUT2D eigenvalue weighted by molar-refractivity contribution is 0.0941. The SMILES string of the molecule is COn1c(=O)c(-c2c(C)cccc2C)cc2c(N)nc(-c3cc(C(=O)NCCN4CCCC4)n(C)c3)nc21. The van der Waals surface area contributed by atoms with Crippen LogP contribution in [0.5, 0.6) is 0 Å². The summed E-state index contributed by atoms with van der Waals surface area (Å²) in [7, 11) is 3.21. The molecule has 0 bridgehead atoms. The Labute approximate surface area is 221 Å². The third-order valence-electron chi connectivity index (χ3n) is 7.19. The van der Waals surface area contributed by atoms with Crippen molar-refractivity contribution in [2.24, 2.45) is 7.05 Å². The van der Waals surface area contributed by atoms with E-state index in [-0.39, 0.29) is 22.9 Å². The Morgan fingerprint density at radius 2 is 1.84 bits per heavy atom. The molecule has 5 rings (SSSR count). The van der Waals surface area contributed by atoms with Gasteiger partial charge in [-0.25, -0.2) is 9.97 Å². The van der Waals surface area contributed by atoms with Gasteiger partial charge in [-0.3, -0.25) is 9.59 Å². The average Bonchev–Trinajstić information content (AvgIpc) is 3.54. The Bertz CT molecular complexity index is 1560. The predicted molar refractivity (Wildman–Crippen MR) is 148 cm³/mol. The number of benzene rings is 1. The Morgan fingerprint density at radius 1 is 1.13 bits per heavy atom. The van der Waals surface area contributed by atoms with E-state index in [9.17, 15) is 9.59 Å². The van der Waals surface area contributed by atoms with Gasteiger partial charge in [-0.1, -0.05) is 18.2 Å². The molecular weight excluding hydrogens is 482 g/mol. The number of hydrogen-bond donors (Lipinski definition) is 2. The van der Waals surface area contributed by atoms with Crippen LogP contribution in [0.2, 0.25) is 0 Å². The van der Waals surface area contributed by atoms with Crippen molar-refractivity contribution in [2.45, 2.75) is 26.7 Å². The molecule has 1 aliphatic rings. The highest BCUT2D eigenvalue weighted by molar-refractivity contribution is 5.95. The Hall–Kier alpha value is -4.18. The number of nitrogens with zero attached hydrogens (tertiary/aromatic N) is 5. The summed E-state index contributed by atoms with van der Waals surface area (Å²) in [6, 6.07) is 9.33. The first-order valence-corrected chi connectivity index (χ1v) is 12.8. The molecule has 1 aliphatic heterocycles. The minimum atomic E-state index is -0.340. The third kappa shape index (κ3) is 4.63. The summed E-state index contributed by atoms with van der Waals surface area (Å²) in [6.07, 6.45) is 4.21. The van der Waals surface area contributed by atoms with Crippen molar-refractivity contribution in [3.63, 3.8) is 0 Å². The molecule has 0 saturated carbocycles. The van der Waals surface area contributed by atoms with Gasteiger partial charge in [0.2, 0.25) is 0 Å². The number of carbonyl (C=O) groups excluding carboxylic acids is 1. The number of carbonyl (C=O) groups is 1. The molecule has 4 heterocycles. The Morgan fingerprint density at radius 3 is 2.53 bits per heavy atom. The quantitative estimate of drug-likeness (QED) is 0.388. The Balaban J connectivity index is 1.51. The van der Waals surface area contributed by atoms with Crippen LogP contribution in [-0.4, -0.2) is 63.4 Å². The fourth-order valence-electron chi connectivity index (χ4n) is 5.23. The molecule has 3 N–H and O–H groups in total. The highest BCUT2D eigenvalue weighted by Crippen LogP contribution is 2.29. The van der Waals surface area contributed by atoms with Crippen LogP contribution in [0.4, 0.5) is 5.82 Å². The van der Waals surface area contributed by atoms with Crippen molar-refractivity contribution in [1.82, 2.24) is 29.5 Å². The highest BCUT2D eigenvalue weighted by Gasteiger charge is 2.21. The molecule has 198 valence electrons. The zero-order valence-corrected chi connectivity index (χ0v) is 22.2. The van der Waals surface area contributed by atoms with Crippen LogP contribution in [0.1, 0.15) is 34.5 Å². The van der Waals surface area contributed by atoms with Gasteiger partial charge in [-0.05, 0) is 68.6 Å². The van der Waals surface area contributed by atoms with E-state index in [1.54, 1.807) is 29.9 Å².